The lowest BCUT2D eigenvalue weighted by Crippen LogP contribution is -2.28. The molecule has 1 fully saturated rings. The molecule has 3 heteroatoms. The number of hydrogen-bond donors (Lipinski definition) is 1. The molecule has 0 radical (unpaired) electrons. The number of hydrogen-bond acceptors (Lipinski definition) is 3. The maximum absolute atomic E-state index is 5.29. The van der Waals surface area contributed by atoms with Gasteiger partial charge in [-0.2, -0.15) is 0 Å². The van der Waals surface area contributed by atoms with Crippen LogP contribution in [0.5, 0.6) is 0 Å². The van der Waals surface area contributed by atoms with E-state index >= 15 is 0 Å². The monoisotopic (exact) mass is 192 g/mol. The molecule has 0 aromatic carbocycles. The Hall–Kier alpha value is -0.930. The first kappa shape index (κ1) is 9.62. The Morgan fingerprint density at radius 3 is 3.21 bits per heavy atom. The van der Waals surface area contributed by atoms with Gasteiger partial charge in [0.25, 0.3) is 0 Å². The molecule has 14 heavy (non-hydrogen) atoms. The highest BCUT2D eigenvalue weighted by Crippen LogP contribution is 2.05. The molecule has 0 amide bonds. The van der Waals surface area contributed by atoms with E-state index in [-0.39, 0.29) is 0 Å². The van der Waals surface area contributed by atoms with Crippen LogP contribution < -0.4 is 5.32 Å². The highest BCUT2D eigenvalue weighted by atomic mass is 16.5. The molecule has 1 N–H and O–H groups in total. The third-order valence-corrected chi connectivity index (χ3v) is 2.45. The third-order valence-electron chi connectivity index (χ3n) is 2.45. The molecule has 3 nitrogen and oxygen atoms in total. The molecule has 1 unspecified atom stereocenters. The second-order valence-corrected chi connectivity index (χ2v) is 3.71. The van der Waals surface area contributed by atoms with Gasteiger partial charge in [-0.25, -0.2) is 0 Å². The first-order valence-electron chi connectivity index (χ1n) is 5.08. The Morgan fingerprint density at radius 1 is 1.57 bits per heavy atom. The SMILES string of the molecule is Cc1cccc(CNC2CCOC2)n1. The first-order chi connectivity index (χ1) is 6.84. The van der Waals surface area contributed by atoms with E-state index in [9.17, 15) is 0 Å². The smallest absolute Gasteiger partial charge is 0.0620 e. The summed E-state index contributed by atoms with van der Waals surface area (Å²) in [6.45, 7) is 4.59. The zero-order valence-corrected chi connectivity index (χ0v) is 8.49. The fourth-order valence-corrected chi connectivity index (χ4v) is 1.64. The van der Waals surface area contributed by atoms with Crippen molar-refractivity contribution >= 4 is 0 Å². The fourth-order valence-electron chi connectivity index (χ4n) is 1.64. The third kappa shape index (κ3) is 2.53. The molecule has 1 atom stereocenters. The normalized spacial score (nSPS) is 21.4. The van der Waals surface area contributed by atoms with Crippen LogP contribution in [-0.2, 0) is 11.3 Å². The Morgan fingerprint density at radius 2 is 2.50 bits per heavy atom. The molecule has 1 aliphatic heterocycles. The summed E-state index contributed by atoms with van der Waals surface area (Å²) in [5.41, 5.74) is 2.18. The molecule has 76 valence electrons. The zero-order valence-electron chi connectivity index (χ0n) is 8.49. The van der Waals surface area contributed by atoms with E-state index in [0.29, 0.717) is 6.04 Å². The van der Waals surface area contributed by atoms with Gasteiger partial charge in [0.15, 0.2) is 0 Å². The Labute approximate surface area is 84.5 Å². The maximum atomic E-state index is 5.29. The van der Waals surface area contributed by atoms with Gasteiger partial charge in [-0.1, -0.05) is 6.07 Å². The second-order valence-electron chi connectivity index (χ2n) is 3.71. The number of nitrogens with zero attached hydrogens (tertiary/aromatic N) is 1. The number of ether oxygens (including phenoxy) is 1. The average molecular weight is 192 g/mol. The van der Waals surface area contributed by atoms with E-state index in [1.54, 1.807) is 0 Å². The molecule has 0 aliphatic carbocycles. The number of rotatable bonds is 3. The summed E-state index contributed by atoms with van der Waals surface area (Å²) >= 11 is 0. The highest BCUT2D eigenvalue weighted by Gasteiger charge is 2.14. The molecule has 1 aliphatic rings. The lowest BCUT2D eigenvalue weighted by Gasteiger charge is -2.09. The predicted molar refractivity (Wildman–Crippen MR) is 55.0 cm³/mol. The first-order valence-corrected chi connectivity index (χ1v) is 5.08. The summed E-state index contributed by atoms with van der Waals surface area (Å²) < 4.78 is 5.29. The molecule has 0 bridgehead atoms. The second kappa shape index (κ2) is 4.53. The van der Waals surface area contributed by atoms with Crippen LogP contribution >= 0.6 is 0 Å². The van der Waals surface area contributed by atoms with Gasteiger partial charge in [-0.3, -0.25) is 4.98 Å². The van der Waals surface area contributed by atoms with Crippen LogP contribution in [0.1, 0.15) is 17.8 Å². The molecule has 0 saturated carbocycles. The van der Waals surface area contributed by atoms with Gasteiger partial charge in [-0.15, -0.1) is 0 Å². The van der Waals surface area contributed by atoms with Gasteiger partial charge in [-0.05, 0) is 25.5 Å². The van der Waals surface area contributed by atoms with E-state index in [1.165, 1.54) is 0 Å². The van der Waals surface area contributed by atoms with Crippen molar-refractivity contribution in [3.05, 3.63) is 29.6 Å². The van der Waals surface area contributed by atoms with Crippen molar-refractivity contribution in [1.82, 2.24) is 10.3 Å². The summed E-state index contributed by atoms with van der Waals surface area (Å²) in [4.78, 5) is 4.43. The quantitative estimate of drug-likeness (QED) is 0.783. The molecular weight excluding hydrogens is 176 g/mol. The van der Waals surface area contributed by atoms with Crippen molar-refractivity contribution in [2.24, 2.45) is 0 Å². The van der Waals surface area contributed by atoms with E-state index in [0.717, 1.165) is 37.6 Å². The van der Waals surface area contributed by atoms with Gasteiger partial charge in [0.05, 0.1) is 12.3 Å². The van der Waals surface area contributed by atoms with E-state index in [2.05, 4.69) is 16.4 Å². The topological polar surface area (TPSA) is 34.1 Å². The fraction of sp³-hybridized carbons (Fsp3) is 0.545. The Kier molecular flexibility index (Phi) is 3.11. The highest BCUT2D eigenvalue weighted by molar-refractivity contribution is 5.09. The van der Waals surface area contributed by atoms with Crippen molar-refractivity contribution < 1.29 is 4.74 Å². The van der Waals surface area contributed by atoms with Gasteiger partial charge in [0, 0.05) is 24.9 Å². The minimum Gasteiger partial charge on any atom is -0.380 e. The number of nitrogens with one attached hydrogen (secondary N) is 1. The Balaban J connectivity index is 1.85. The number of aryl methyl sites for hydroxylation is 1. The summed E-state index contributed by atoms with van der Waals surface area (Å²) in [5, 5.41) is 3.44. The standard InChI is InChI=1S/C11H16N2O/c1-9-3-2-4-10(13-9)7-12-11-5-6-14-8-11/h2-4,11-12H,5-8H2,1H3. The van der Waals surface area contributed by atoms with Gasteiger partial charge < -0.3 is 10.1 Å². The number of pyridine rings is 1. The van der Waals surface area contributed by atoms with Crippen molar-refractivity contribution in [3.8, 4) is 0 Å². The van der Waals surface area contributed by atoms with Crippen LogP contribution in [0, 0.1) is 6.92 Å². The van der Waals surface area contributed by atoms with Crippen molar-refractivity contribution in [3.63, 3.8) is 0 Å². The summed E-state index contributed by atoms with van der Waals surface area (Å²) in [5.74, 6) is 0. The minimum absolute atomic E-state index is 0.511. The van der Waals surface area contributed by atoms with Crippen LogP contribution in [0.3, 0.4) is 0 Å². The molecule has 1 aromatic heterocycles. The zero-order chi connectivity index (χ0) is 9.80. The van der Waals surface area contributed by atoms with Crippen LogP contribution in [0.15, 0.2) is 18.2 Å². The van der Waals surface area contributed by atoms with Gasteiger partial charge >= 0.3 is 0 Å². The Bertz CT molecular complexity index is 295. The van der Waals surface area contributed by atoms with Crippen molar-refractivity contribution in [2.45, 2.75) is 25.9 Å². The van der Waals surface area contributed by atoms with E-state index in [1.807, 2.05) is 19.1 Å². The van der Waals surface area contributed by atoms with Crippen LogP contribution in [-0.4, -0.2) is 24.2 Å². The summed E-state index contributed by atoms with van der Waals surface area (Å²) in [7, 11) is 0. The molecule has 2 heterocycles. The maximum Gasteiger partial charge on any atom is 0.0620 e. The largest absolute Gasteiger partial charge is 0.380 e. The lowest BCUT2D eigenvalue weighted by molar-refractivity contribution is 0.189. The number of aromatic nitrogens is 1. The molecule has 2 rings (SSSR count). The average Bonchev–Trinajstić information content (AvgIpc) is 2.67. The van der Waals surface area contributed by atoms with E-state index < -0.39 is 0 Å². The van der Waals surface area contributed by atoms with Gasteiger partial charge in [0.1, 0.15) is 0 Å². The summed E-state index contributed by atoms with van der Waals surface area (Å²) in [6.07, 6.45) is 1.12. The molecular formula is C11H16N2O. The van der Waals surface area contributed by atoms with Gasteiger partial charge in [0.2, 0.25) is 0 Å². The van der Waals surface area contributed by atoms with Crippen LogP contribution in [0.25, 0.3) is 0 Å². The van der Waals surface area contributed by atoms with Crippen LogP contribution in [0.2, 0.25) is 0 Å². The van der Waals surface area contributed by atoms with Crippen LogP contribution in [0.4, 0.5) is 0 Å². The lowest BCUT2D eigenvalue weighted by atomic mass is 10.2. The summed E-state index contributed by atoms with van der Waals surface area (Å²) in [6, 6.07) is 6.62. The molecule has 1 aromatic rings. The minimum atomic E-state index is 0.511. The molecule has 0 spiro atoms. The molecule has 1 saturated heterocycles. The van der Waals surface area contributed by atoms with Crippen molar-refractivity contribution in [1.29, 1.82) is 0 Å². The predicted octanol–water partition coefficient (Wildman–Crippen LogP) is 1.27. The van der Waals surface area contributed by atoms with Crippen molar-refractivity contribution in [2.75, 3.05) is 13.2 Å². The van der Waals surface area contributed by atoms with E-state index in [4.69, 9.17) is 4.74 Å².